The number of ether oxygens (including phenoxy) is 4. The van der Waals surface area contributed by atoms with Gasteiger partial charge in [0.05, 0.1) is 26.4 Å². The molecule has 0 amide bonds. The van der Waals surface area contributed by atoms with E-state index in [1.54, 1.807) is 0 Å². The first kappa shape index (κ1) is 73.1. The van der Waals surface area contributed by atoms with E-state index in [0.717, 1.165) is 127 Å². The fourth-order valence-electron chi connectivity index (χ4n) is 8.08. The fourth-order valence-corrected chi connectivity index (χ4v) is 9.66. The number of phosphoric acid groups is 2. The number of aliphatic hydroxyl groups is 1. The lowest BCUT2D eigenvalue weighted by atomic mass is 10.00. The average Bonchev–Trinajstić information content (AvgIpc) is 3.37. The van der Waals surface area contributed by atoms with Crippen LogP contribution < -0.4 is 0 Å². The Morgan fingerprint density at radius 3 is 1.01 bits per heavy atom. The molecule has 75 heavy (non-hydrogen) atoms. The normalized spacial score (nSPS) is 14.9. The Labute approximate surface area is 454 Å². The van der Waals surface area contributed by atoms with Gasteiger partial charge >= 0.3 is 39.5 Å². The van der Waals surface area contributed by atoms with Crippen molar-refractivity contribution in [3.63, 3.8) is 0 Å². The first-order valence-corrected chi connectivity index (χ1v) is 32.5. The van der Waals surface area contributed by atoms with Gasteiger partial charge in [0.25, 0.3) is 0 Å². The maximum atomic E-state index is 12.9. The third-order valence-corrected chi connectivity index (χ3v) is 15.0. The van der Waals surface area contributed by atoms with Crippen molar-refractivity contribution in [1.29, 1.82) is 0 Å². The SMILES string of the molecule is CCCCCCCCCC(=O)O[C@H](COC(=O)CCCCCCC)COP(=O)(O)OC[C@H](O)COP(=O)(O)OC[C@@H](COC(=O)CCCCCCCCC(C)CC)OC(=O)CCCCCCCCCCCCC(C)C. The minimum absolute atomic E-state index is 0.102. The highest BCUT2D eigenvalue weighted by molar-refractivity contribution is 7.47. The summed E-state index contributed by atoms with van der Waals surface area (Å²) in [4.78, 5) is 71.4. The predicted molar refractivity (Wildman–Crippen MR) is 294 cm³/mol. The summed E-state index contributed by atoms with van der Waals surface area (Å²) in [6.07, 6.45) is 28.5. The summed E-state index contributed by atoms with van der Waals surface area (Å²) in [5.74, 6) is -0.679. The van der Waals surface area contributed by atoms with Crippen LogP contribution in [-0.2, 0) is 65.4 Å². The Bertz CT molecular complexity index is 1500. The Kier molecular flexibility index (Phi) is 47.9. The van der Waals surface area contributed by atoms with Gasteiger partial charge in [-0.15, -0.1) is 0 Å². The average molecular weight is 1120 g/mol. The number of hydrogen-bond acceptors (Lipinski definition) is 15. The second-order valence-electron chi connectivity index (χ2n) is 21.0. The molecule has 3 unspecified atom stereocenters. The molecule has 19 heteroatoms. The molecule has 3 N–H and O–H groups in total. The lowest BCUT2D eigenvalue weighted by Gasteiger charge is -2.21. The summed E-state index contributed by atoms with van der Waals surface area (Å²) >= 11 is 0. The van der Waals surface area contributed by atoms with Crippen LogP contribution in [0.5, 0.6) is 0 Å². The van der Waals surface area contributed by atoms with E-state index in [-0.39, 0.29) is 25.7 Å². The van der Waals surface area contributed by atoms with Crippen LogP contribution in [0.4, 0.5) is 0 Å². The Morgan fingerprint density at radius 1 is 0.387 bits per heavy atom. The minimum Gasteiger partial charge on any atom is -0.462 e. The molecule has 0 aromatic carbocycles. The molecule has 0 saturated heterocycles. The molecule has 0 spiro atoms. The van der Waals surface area contributed by atoms with Gasteiger partial charge in [-0.1, -0.05) is 215 Å². The highest BCUT2D eigenvalue weighted by Crippen LogP contribution is 2.45. The largest absolute Gasteiger partial charge is 0.472 e. The molecule has 0 rings (SSSR count). The van der Waals surface area contributed by atoms with Crippen LogP contribution in [0.15, 0.2) is 0 Å². The maximum Gasteiger partial charge on any atom is 0.472 e. The van der Waals surface area contributed by atoms with Crippen LogP contribution in [0.25, 0.3) is 0 Å². The second-order valence-corrected chi connectivity index (χ2v) is 23.9. The molecule has 0 aliphatic heterocycles. The predicted octanol–water partition coefficient (Wildman–Crippen LogP) is 14.5. The summed E-state index contributed by atoms with van der Waals surface area (Å²) in [6, 6.07) is 0. The van der Waals surface area contributed by atoms with Crippen molar-refractivity contribution >= 4 is 39.5 Å². The van der Waals surface area contributed by atoms with E-state index in [1.165, 1.54) is 57.8 Å². The van der Waals surface area contributed by atoms with Gasteiger partial charge in [0.2, 0.25) is 0 Å². The number of aliphatic hydroxyl groups excluding tert-OH is 1. The van der Waals surface area contributed by atoms with Gasteiger partial charge in [-0.25, -0.2) is 9.13 Å². The number of carbonyl (C=O) groups excluding carboxylic acids is 4. The lowest BCUT2D eigenvalue weighted by molar-refractivity contribution is -0.161. The zero-order valence-corrected chi connectivity index (χ0v) is 49.6. The Hall–Kier alpha value is -1.94. The van der Waals surface area contributed by atoms with E-state index in [9.17, 15) is 43.2 Å². The van der Waals surface area contributed by atoms with Crippen molar-refractivity contribution in [3.8, 4) is 0 Å². The molecule has 0 saturated carbocycles. The maximum absolute atomic E-state index is 12.9. The van der Waals surface area contributed by atoms with Crippen LogP contribution in [0, 0.1) is 11.8 Å². The number of hydrogen-bond donors (Lipinski definition) is 3. The molecule has 6 atom stereocenters. The van der Waals surface area contributed by atoms with Crippen molar-refractivity contribution in [3.05, 3.63) is 0 Å². The minimum atomic E-state index is -4.93. The van der Waals surface area contributed by atoms with Crippen LogP contribution in [0.1, 0.15) is 266 Å². The van der Waals surface area contributed by atoms with Crippen molar-refractivity contribution in [2.45, 2.75) is 285 Å². The molecular weight excluding hydrogens is 1010 g/mol. The molecule has 0 heterocycles. The number of carbonyl (C=O) groups is 4. The van der Waals surface area contributed by atoms with Crippen LogP contribution in [0.3, 0.4) is 0 Å². The van der Waals surface area contributed by atoms with E-state index in [2.05, 4.69) is 41.5 Å². The fraction of sp³-hybridized carbons (Fsp3) is 0.929. The van der Waals surface area contributed by atoms with Crippen molar-refractivity contribution in [1.82, 2.24) is 0 Å². The molecule has 0 aromatic rings. The summed E-state index contributed by atoms with van der Waals surface area (Å²) in [6.45, 7) is 9.24. The highest BCUT2D eigenvalue weighted by atomic mass is 31.2. The van der Waals surface area contributed by atoms with Crippen molar-refractivity contribution in [2.75, 3.05) is 39.6 Å². The zero-order valence-electron chi connectivity index (χ0n) is 47.8. The highest BCUT2D eigenvalue weighted by Gasteiger charge is 2.30. The summed E-state index contributed by atoms with van der Waals surface area (Å²) in [5, 5.41) is 10.5. The van der Waals surface area contributed by atoms with E-state index in [0.29, 0.717) is 25.7 Å². The molecule has 0 bridgehead atoms. The van der Waals surface area contributed by atoms with Crippen LogP contribution in [0.2, 0.25) is 0 Å². The monoisotopic (exact) mass is 1110 g/mol. The molecule has 0 radical (unpaired) electrons. The third-order valence-electron chi connectivity index (χ3n) is 13.1. The van der Waals surface area contributed by atoms with Gasteiger partial charge in [-0.3, -0.25) is 37.3 Å². The number of esters is 4. The lowest BCUT2D eigenvalue weighted by Crippen LogP contribution is -2.30. The van der Waals surface area contributed by atoms with Gasteiger partial charge in [0, 0.05) is 25.7 Å². The van der Waals surface area contributed by atoms with E-state index in [1.807, 2.05) is 0 Å². The third kappa shape index (κ3) is 50.1. The van der Waals surface area contributed by atoms with Gasteiger partial charge < -0.3 is 33.8 Å². The molecule has 0 aliphatic rings. The van der Waals surface area contributed by atoms with E-state index in [4.69, 9.17) is 37.0 Å². The molecule has 0 aromatic heterocycles. The zero-order chi connectivity index (χ0) is 55.8. The first-order chi connectivity index (χ1) is 35.9. The topological polar surface area (TPSA) is 237 Å². The van der Waals surface area contributed by atoms with E-state index < -0.39 is 97.5 Å². The smallest absolute Gasteiger partial charge is 0.462 e. The Balaban J connectivity index is 5.18. The van der Waals surface area contributed by atoms with Crippen molar-refractivity contribution < 1.29 is 80.2 Å². The van der Waals surface area contributed by atoms with E-state index >= 15 is 0 Å². The van der Waals surface area contributed by atoms with Gasteiger partial charge in [0.15, 0.2) is 12.2 Å². The van der Waals surface area contributed by atoms with Gasteiger partial charge in [-0.05, 0) is 37.5 Å². The molecule has 17 nitrogen and oxygen atoms in total. The standard InChI is InChI=1S/C56H108O17P2/c1-7-10-12-14-19-28-34-40-55(60)72-51(44-66-53(58)38-32-24-13-11-8-2)46-70-74(62,63)68-42-50(57)43-69-75(64,65)71-47-52(45-67-54(59)39-33-27-23-22-26-31-37-49(6)9-3)73-56(61)41-35-29-21-18-16-15-17-20-25-30-36-48(4)5/h48-52,57H,7-47H2,1-6H3,(H,62,63)(H,64,65)/t49?,50-,51+,52+/m0/s1. The number of unbranched alkanes of at least 4 members (excludes halogenated alkanes) is 24. The number of phosphoric ester groups is 2. The van der Waals surface area contributed by atoms with Crippen LogP contribution >= 0.6 is 15.6 Å². The summed E-state index contributed by atoms with van der Waals surface area (Å²) in [7, 11) is -9.86. The van der Waals surface area contributed by atoms with Crippen LogP contribution in [-0.4, -0.2) is 96.7 Å². The second kappa shape index (κ2) is 49.1. The quantitative estimate of drug-likeness (QED) is 0.0222. The Morgan fingerprint density at radius 2 is 0.680 bits per heavy atom. The molecular formula is C56H108O17P2. The van der Waals surface area contributed by atoms with Gasteiger partial charge in [-0.2, -0.15) is 0 Å². The molecule has 444 valence electrons. The molecule has 0 aliphatic carbocycles. The first-order valence-electron chi connectivity index (χ1n) is 29.5. The summed E-state index contributed by atoms with van der Waals surface area (Å²) in [5.41, 5.74) is 0. The van der Waals surface area contributed by atoms with Crippen molar-refractivity contribution in [2.24, 2.45) is 11.8 Å². The van der Waals surface area contributed by atoms with Gasteiger partial charge in [0.1, 0.15) is 19.3 Å². The molecule has 0 fully saturated rings. The number of rotatable bonds is 55. The summed E-state index contributed by atoms with van der Waals surface area (Å²) < 4.78 is 67.3.